The number of ether oxygens (including phenoxy) is 1. The molecule has 100 valence electrons. The van der Waals surface area contributed by atoms with Crippen molar-refractivity contribution in [3.8, 4) is 5.75 Å². The van der Waals surface area contributed by atoms with E-state index in [0.717, 1.165) is 20.8 Å². The molecule has 0 fully saturated rings. The summed E-state index contributed by atoms with van der Waals surface area (Å²) in [6, 6.07) is 14.0. The summed E-state index contributed by atoms with van der Waals surface area (Å²) in [4.78, 5) is 2.25. The Balaban J connectivity index is 2.19. The molecule has 0 unspecified atom stereocenters. The molecule has 2 aromatic rings. The summed E-state index contributed by atoms with van der Waals surface area (Å²) in [5.41, 5.74) is 6.63. The standard InChI is InChI=1S/C15H16BrNOS/c1-10(2)18-13-7-12(17)8-15(9-13)19-14-5-3-11(16)4-6-14/h3-10H,17H2,1-2H3. The lowest BCUT2D eigenvalue weighted by atomic mass is 10.3. The monoisotopic (exact) mass is 337 g/mol. The van der Waals surface area contributed by atoms with Gasteiger partial charge in [-0.3, -0.25) is 0 Å². The Morgan fingerprint density at radius 1 is 1.05 bits per heavy atom. The maximum absolute atomic E-state index is 5.91. The summed E-state index contributed by atoms with van der Waals surface area (Å²) in [6.07, 6.45) is 0.146. The minimum Gasteiger partial charge on any atom is -0.491 e. The van der Waals surface area contributed by atoms with Crippen LogP contribution < -0.4 is 10.5 Å². The van der Waals surface area contributed by atoms with Crippen LogP contribution in [0, 0.1) is 0 Å². The van der Waals surface area contributed by atoms with Crippen LogP contribution in [0.3, 0.4) is 0 Å². The van der Waals surface area contributed by atoms with E-state index in [1.165, 1.54) is 4.90 Å². The number of nitrogen functional groups attached to an aromatic ring is 1. The molecule has 0 amide bonds. The van der Waals surface area contributed by atoms with Crippen LogP contribution in [-0.4, -0.2) is 6.10 Å². The highest BCUT2D eigenvalue weighted by Gasteiger charge is 2.04. The molecule has 0 radical (unpaired) electrons. The van der Waals surface area contributed by atoms with Crippen molar-refractivity contribution in [2.75, 3.05) is 5.73 Å². The van der Waals surface area contributed by atoms with Crippen molar-refractivity contribution in [3.05, 3.63) is 46.9 Å². The van der Waals surface area contributed by atoms with Gasteiger partial charge >= 0.3 is 0 Å². The van der Waals surface area contributed by atoms with Crippen molar-refractivity contribution in [2.45, 2.75) is 29.7 Å². The van der Waals surface area contributed by atoms with E-state index in [2.05, 4.69) is 28.1 Å². The average Bonchev–Trinajstić information content (AvgIpc) is 2.30. The fourth-order valence-corrected chi connectivity index (χ4v) is 2.81. The van der Waals surface area contributed by atoms with Gasteiger partial charge in [-0.2, -0.15) is 0 Å². The van der Waals surface area contributed by atoms with Gasteiger partial charge in [-0.15, -0.1) is 0 Å². The zero-order valence-corrected chi connectivity index (χ0v) is 13.3. The van der Waals surface area contributed by atoms with Gasteiger partial charge in [0.15, 0.2) is 0 Å². The van der Waals surface area contributed by atoms with Crippen molar-refractivity contribution in [3.63, 3.8) is 0 Å². The first-order valence-electron chi connectivity index (χ1n) is 6.03. The number of benzene rings is 2. The van der Waals surface area contributed by atoms with E-state index in [4.69, 9.17) is 10.5 Å². The average molecular weight is 338 g/mol. The van der Waals surface area contributed by atoms with E-state index in [0.29, 0.717) is 0 Å². The molecule has 2 nitrogen and oxygen atoms in total. The largest absolute Gasteiger partial charge is 0.491 e. The van der Waals surface area contributed by atoms with Gasteiger partial charge in [0.1, 0.15) is 5.75 Å². The molecular formula is C15H16BrNOS. The van der Waals surface area contributed by atoms with Gasteiger partial charge in [0.05, 0.1) is 6.10 Å². The summed E-state index contributed by atoms with van der Waals surface area (Å²) in [6.45, 7) is 4.01. The molecule has 0 atom stereocenters. The van der Waals surface area contributed by atoms with E-state index in [9.17, 15) is 0 Å². The maximum Gasteiger partial charge on any atom is 0.122 e. The molecule has 0 saturated carbocycles. The molecule has 2 rings (SSSR count). The second-order valence-corrected chi connectivity index (χ2v) is 6.52. The normalized spacial score (nSPS) is 10.7. The van der Waals surface area contributed by atoms with Gasteiger partial charge in [0.2, 0.25) is 0 Å². The predicted octanol–water partition coefficient (Wildman–Crippen LogP) is 4.97. The molecule has 0 heterocycles. The van der Waals surface area contributed by atoms with Crippen LogP contribution >= 0.6 is 27.7 Å². The van der Waals surface area contributed by atoms with Crippen LogP contribution in [0.4, 0.5) is 5.69 Å². The Kier molecular flexibility index (Phi) is 4.77. The van der Waals surface area contributed by atoms with Gasteiger partial charge in [-0.25, -0.2) is 0 Å². The highest BCUT2D eigenvalue weighted by molar-refractivity contribution is 9.10. The smallest absolute Gasteiger partial charge is 0.122 e. The topological polar surface area (TPSA) is 35.2 Å². The lowest BCUT2D eigenvalue weighted by Gasteiger charge is -2.12. The Hall–Kier alpha value is -1.13. The maximum atomic E-state index is 5.91. The molecule has 0 bridgehead atoms. The fraction of sp³-hybridized carbons (Fsp3) is 0.200. The molecular weight excluding hydrogens is 322 g/mol. The van der Waals surface area contributed by atoms with Gasteiger partial charge in [0, 0.05) is 26.0 Å². The molecule has 2 N–H and O–H groups in total. The third-order valence-corrected chi connectivity index (χ3v) is 3.83. The predicted molar refractivity (Wildman–Crippen MR) is 84.9 cm³/mol. The second kappa shape index (κ2) is 6.35. The van der Waals surface area contributed by atoms with Crippen molar-refractivity contribution in [1.82, 2.24) is 0 Å². The number of nitrogens with two attached hydrogens (primary N) is 1. The van der Waals surface area contributed by atoms with Crippen molar-refractivity contribution in [1.29, 1.82) is 0 Å². The zero-order valence-electron chi connectivity index (χ0n) is 10.9. The molecule has 0 spiro atoms. The Morgan fingerprint density at radius 3 is 2.37 bits per heavy atom. The van der Waals surface area contributed by atoms with Crippen LogP contribution in [0.15, 0.2) is 56.7 Å². The second-order valence-electron chi connectivity index (χ2n) is 4.46. The molecule has 0 aliphatic heterocycles. The number of halogens is 1. The van der Waals surface area contributed by atoms with Gasteiger partial charge < -0.3 is 10.5 Å². The summed E-state index contributed by atoms with van der Waals surface area (Å²) < 4.78 is 6.77. The lowest BCUT2D eigenvalue weighted by Crippen LogP contribution is -2.05. The molecule has 0 aliphatic rings. The van der Waals surface area contributed by atoms with E-state index < -0.39 is 0 Å². The lowest BCUT2D eigenvalue weighted by molar-refractivity contribution is 0.242. The van der Waals surface area contributed by atoms with Gasteiger partial charge in [-0.1, -0.05) is 27.7 Å². The number of rotatable bonds is 4. The summed E-state index contributed by atoms with van der Waals surface area (Å²) in [7, 11) is 0. The molecule has 0 aromatic heterocycles. The van der Waals surface area contributed by atoms with Crippen LogP contribution in [0.2, 0.25) is 0 Å². The summed E-state index contributed by atoms with van der Waals surface area (Å²) >= 11 is 5.10. The summed E-state index contributed by atoms with van der Waals surface area (Å²) in [5, 5.41) is 0. The first kappa shape index (κ1) is 14.3. The van der Waals surface area contributed by atoms with Crippen molar-refractivity contribution < 1.29 is 4.74 Å². The third-order valence-electron chi connectivity index (χ3n) is 2.32. The SMILES string of the molecule is CC(C)Oc1cc(N)cc(Sc2ccc(Br)cc2)c1. The van der Waals surface area contributed by atoms with E-state index in [-0.39, 0.29) is 6.10 Å². The Morgan fingerprint density at radius 2 is 1.74 bits per heavy atom. The van der Waals surface area contributed by atoms with E-state index >= 15 is 0 Å². The summed E-state index contributed by atoms with van der Waals surface area (Å²) in [5.74, 6) is 0.814. The minimum absolute atomic E-state index is 0.146. The molecule has 4 heteroatoms. The van der Waals surface area contributed by atoms with Gasteiger partial charge in [0.25, 0.3) is 0 Å². The molecule has 0 aliphatic carbocycles. The first-order chi connectivity index (χ1) is 9.02. The quantitative estimate of drug-likeness (QED) is 0.800. The number of anilines is 1. The molecule has 0 saturated heterocycles. The molecule has 2 aromatic carbocycles. The van der Waals surface area contributed by atoms with E-state index in [1.54, 1.807) is 11.8 Å². The van der Waals surface area contributed by atoms with Crippen molar-refractivity contribution >= 4 is 33.4 Å². The van der Waals surface area contributed by atoms with Crippen LogP contribution in [0.25, 0.3) is 0 Å². The highest BCUT2D eigenvalue weighted by Crippen LogP contribution is 2.33. The third kappa shape index (κ3) is 4.48. The minimum atomic E-state index is 0.146. The van der Waals surface area contributed by atoms with Crippen molar-refractivity contribution in [2.24, 2.45) is 0 Å². The molecule has 19 heavy (non-hydrogen) atoms. The van der Waals surface area contributed by atoms with E-state index in [1.807, 2.05) is 44.2 Å². The van der Waals surface area contributed by atoms with Crippen LogP contribution in [0.5, 0.6) is 5.75 Å². The zero-order chi connectivity index (χ0) is 13.8. The fourth-order valence-electron chi connectivity index (χ4n) is 1.63. The van der Waals surface area contributed by atoms with Gasteiger partial charge in [-0.05, 0) is 50.2 Å². The number of hydrogen-bond donors (Lipinski definition) is 1. The Labute approximate surface area is 126 Å². The number of hydrogen-bond acceptors (Lipinski definition) is 3. The van der Waals surface area contributed by atoms with Crippen LogP contribution in [0.1, 0.15) is 13.8 Å². The Bertz CT molecular complexity index is 555. The highest BCUT2D eigenvalue weighted by atomic mass is 79.9. The first-order valence-corrected chi connectivity index (χ1v) is 7.64. The van der Waals surface area contributed by atoms with Crippen LogP contribution in [-0.2, 0) is 0 Å².